The zero-order chi connectivity index (χ0) is 10.9. The van der Waals surface area contributed by atoms with E-state index in [2.05, 4.69) is 25.6 Å². The standard InChI is InChI=1S/C14H28S/c1-3-5-7-9-13-11-12-14(15-13)10-8-6-4-2/h13-14H,3-12H2,1-2H3. The van der Waals surface area contributed by atoms with Crippen LogP contribution in [0.25, 0.3) is 0 Å². The molecule has 1 rings (SSSR count). The average Bonchev–Trinajstić information content (AvgIpc) is 2.67. The Balaban J connectivity index is 1.99. The van der Waals surface area contributed by atoms with E-state index in [0.717, 1.165) is 10.5 Å². The minimum atomic E-state index is 1.02. The summed E-state index contributed by atoms with van der Waals surface area (Å²) in [6.45, 7) is 4.60. The third-order valence-electron chi connectivity index (χ3n) is 3.45. The van der Waals surface area contributed by atoms with Crippen molar-refractivity contribution >= 4 is 11.8 Å². The molecule has 1 fully saturated rings. The summed E-state index contributed by atoms with van der Waals surface area (Å²) in [6.07, 6.45) is 14.6. The number of hydrogen-bond acceptors (Lipinski definition) is 1. The average molecular weight is 228 g/mol. The molecule has 2 atom stereocenters. The van der Waals surface area contributed by atoms with Crippen molar-refractivity contribution < 1.29 is 0 Å². The monoisotopic (exact) mass is 228 g/mol. The fraction of sp³-hybridized carbons (Fsp3) is 1.00. The van der Waals surface area contributed by atoms with Crippen LogP contribution in [0.3, 0.4) is 0 Å². The van der Waals surface area contributed by atoms with Crippen LogP contribution < -0.4 is 0 Å². The number of hydrogen-bond donors (Lipinski definition) is 0. The first-order valence-corrected chi connectivity index (χ1v) is 7.96. The van der Waals surface area contributed by atoms with E-state index in [9.17, 15) is 0 Å². The van der Waals surface area contributed by atoms with Gasteiger partial charge in [0, 0.05) is 10.5 Å². The molecule has 1 heteroatoms. The fourth-order valence-corrected chi connectivity index (χ4v) is 4.14. The van der Waals surface area contributed by atoms with E-state index in [4.69, 9.17) is 0 Å². The van der Waals surface area contributed by atoms with Crippen LogP contribution in [-0.2, 0) is 0 Å². The molecule has 90 valence electrons. The van der Waals surface area contributed by atoms with Crippen molar-refractivity contribution in [2.45, 2.75) is 88.6 Å². The van der Waals surface area contributed by atoms with Crippen LogP contribution in [0.5, 0.6) is 0 Å². The number of rotatable bonds is 8. The van der Waals surface area contributed by atoms with E-state index in [-0.39, 0.29) is 0 Å². The van der Waals surface area contributed by atoms with Gasteiger partial charge in [-0.3, -0.25) is 0 Å². The SMILES string of the molecule is CCCCCC1CCC(CCCCC)S1. The van der Waals surface area contributed by atoms with E-state index in [1.807, 2.05) is 0 Å². The Hall–Kier alpha value is 0.350. The van der Waals surface area contributed by atoms with Crippen LogP contribution in [0.1, 0.15) is 78.1 Å². The number of unbranched alkanes of at least 4 members (excludes halogenated alkanes) is 4. The second-order valence-electron chi connectivity index (χ2n) is 4.95. The van der Waals surface area contributed by atoms with Gasteiger partial charge in [0.05, 0.1) is 0 Å². The van der Waals surface area contributed by atoms with Gasteiger partial charge < -0.3 is 0 Å². The summed E-state index contributed by atoms with van der Waals surface area (Å²) < 4.78 is 0. The molecular formula is C14H28S. The zero-order valence-electron chi connectivity index (χ0n) is 10.6. The Morgan fingerprint density at radius 3 is 1.67 bits per heavy atom. The van der Waals surface area contributed by atoms with Crippen LogP contribution >= 0.6 is 11.8 Å². The fourth-order valence-electron chi connectivity index (χ4n) is 2.45. The predicted molar refractivity (Wildman–Crippen MR) is 72.7 cm³/mol. The van der Waals surface area contributed by atoms with Gasteiger partial charge in [-0.2, -0.15) is 11.8 Å². The second-order valence-corrected chi connectivity index (χ2v) is 6.55. The lowest BCUT2D eigenvalue weighted by Crippen LogP contribution is -1.98. The van der Waals surface area contributed by atoms with E-state index in [1.165, 1.54) is 64.2 Å². The quantitative estimate of drug-likeness (QED) is 0.500. The van der Waals surface area contributed by atoms with Crippen LogP contribution in [-0.4, -0.2) is 10.5 Å². The van der Waals surface area contributed by atoms with Crippen molar-refractivity contribution in [1.29, 1.82) is 0 Å². The zero-order valence-corrected chi connectivity index (χ0v) is 11.5. The van der Waals surface area contributed by atoms with Crippen molar-refractivity contribution in [3.63, 3.8) is 0 Å². The molecule has 0 bridgehead atoms. The second kappa shape index (κ2) is 8.50. The third-order valence-corrected chi connectivity index (χ3v) is 5.17. The molecule has 0 aliphatic carbocycles. The molecule has 0 aromatic heterocycles. The highest BCUT2D eigenvalue weighted by Crippen LogP contribution is 2.38. The van der Waals surface area contributed by atoms with Crippen molar-refractivity contribution in [3.05, 3.63) is 0 Å². The summed E-state index contributed by atoms with van der Waals surface area (Å²) in [6, 6.07) is 0. The highest BCUT2D eigenvalue weighted by molar-refractivity contribution is 8.00. The molecule has 0 nitrogen and oxygen atoms in total. The van der Waals surface area contributed by atoms with Crippen LogP contribution in [0.2, 0.25) is 0 Å². The Bertz CT molecular complexity index is 128. The van der Waals surface area contributed by atoms with Gasteiger partial charge in [-0.15, -0.1) is 0 Å². The van der Waals surface area contributed by atoms with E-state index in [0.29, 0.717) is 0 Å². The molecule has 2 unspecified atom stereocenters. The maximum absolute atomic E-state index is 2.31. The van der Waals surface area contributed by atoms with Gasteiger partial charge in [0.15, 0.2) is 0 Å². The maximum Gasteiger partial charge on any atom is 0.00502 e. The molecule has 1 heterocycles. The number of thioether (sulfide) groups is 1. The van der Waals surface area contributed by atoms with Crippen molar-refractivity contribution in [2.75, 3.05) is 0 Å². The summed E-state index contributed by atoms with van der Waals surface area (Å²) in [5, 5.41) is 2.03. The van der Waals surface area contributed by atoms with Gasteiger partial charge in [0.1, 0.15) is 0 Å². The molecule has 0 aromatic rings. The Kier molecular flexibility index (Phi) is 7.60. The molecule has 1 aliphatic heterocycles. The molecule has 0 radical (unpaired) electrons. The highest BCUT2D eigenvalue weighted by Gasteiger charge is 2.23. The summed E-state index contributed by atoms with van der Waals surface area (Å²) >= 11 is 2.31. The van der Waals surface area contributed by atoms with Gasteiger partial charge in [0.25, 0.3) is 0 Å². The van der Waals surface area contributed by atoms with Crippen molar-refractivity contribution in [1.82, 2.24) is 0 Å². The van der Waals surface area contributed by atoms with Gasteiger partial charge in [-0.25, -0.2) is 0 Å². The highest BCUT2D eigenvalue weighted by atomic mass is 32.2. The Morgan fingerprint density at radius 2 is 1.27 bits per heavy atom. The summed E-state index contributed by atoms with van der Waals surface area (Å²) in [7, 11) is 0. The van der Waals surface area contributed by atoms with Crippen molar-refractivity contribution in [3.8, 4) is 0 Å². The first-order chi connectivity index (χ1) is 7.36. The lowest BCUT2D eigenvalue weighted by molar-refractivity contribution is 0.596. The maximum atomic E-state index is 2.31. The molecule has 0 amide bonds. The molecule has 0 spiro atoms. The molecule has 1 aliphatic rings. The Morgan fingerprint density at radius 1 is 0.800 bits per heavy atom. The van der Waals surface area contributed by atoms with Gasteiger partial charge >= 0.3 is 0 Å². The minimum Gasteiger partial charge on any atom is -0.155 e. The molecule has 0 aromatic carbocycles. The normalized spacial score (nSPS) is 26.0. The van der Waals surface area contributed by atoms with Crippen molar-refractivity contribution in [2.24, 2.45) is 0 Å². The predicted octanol–water partition coefficient (Wildman–Crippen LogP) is 5.41. The van der Waals surface area contributed by atoms with Gasteiger partial charge in [-0.1, -0.05) is 52.4 Å². The first-order valence-electron chi connectivity index (χ1n) is 7.02. The molecule has 0 N–H and O–H groups in total. The van der Waals surface area contributed by atoms with E-state index in [1.54, 1.807) is 0 Å². The van der Waals surface area contributed by atoms with Crippen LogP contribution in [0, 0.1) is 0 Å². The lowest BCUT2D eigenvalue weighted by Gasteiger charge is -2.10. The molecule has 0 saturated carbocycles. The minimum absolute atomic E-state index is 1.02. The molecule has 1 saturated heterocycles. The third kappa shape index (κ3) is 5.85. The van der Waals surface area contributed by atoms with Crippen LogP contribution in [0.4, 0.5) is 0 Å². The molecule has 15 heavy (non-hydrogen) atoms. The first kappa shape index (κ1) is 13.4. The van der Waals surface area contributed by atoms with Crippen LogP contribution in [0.15, 0.2) is 0 Å². The summed E-state index contributed by atoms with van der Waals surface area (Å²) in [5.74, 6) is 0. The largest absolute Gasteiger partial charge is 0.155 e. The summed E-state index contributed by atoms with van der Waals surface area (Å²) in [5.41, 5.74) is 0. The molecular weight excluding hydrogens is 200 g/mol. The smallest absolute Gasteiger partial charge is 0.00502 e. The lowest BCUT2D eigenvalue weighted by atomic mass is 10.1. The van der Waals surface area contributed by atoms with Gasteiger partial charge in [0.2, 0.25) is 0 Å². The Labute approximate surface area is 101 Å². The topological polar surface area (TPSA) is 0 Å². The van der Waals surface area contributed by atoms with Gasteiger partial charge in [-0.05, 0) is 25.7 Å². The van der Waals surface area contributed by atoms with E-state index >= 15 is 0 Å². The van der Waals surface area contributed by atoms with E-state index < -0.39 is 0 Å². The summed E-state index contributed by atoms with van der Waals surface area (Å²) in [4.78, 5) is 0.